The average Bonchev–Trinajstić information content (AvgIpc) is 2.90. The van der Waals surface area contributed by atoms with E-state index in [-0.39, 0.29) is 6.61 Å². The van der Waals surface area contributed by atoms with Crippen LogP contribution in [0.1, 0.15) is 136 Å². The number of aliphatic hydroxyl groups is 3. The number of allylic oxidation sites excluding steroid dienone is 5. The predicted molar refractivity (Wildman–Crippen MR) is 158 cm³/mol. The zero-order valence-corrected chi connectivity index (χ0v) is 24.1. The predicted octanol–water partition coefficient (Wildman–Crippen LogP) is 7.31. The van der Waals surface area contributed by atoms with Gasteiger partial charge >= 0.3 is 0 Å². The molecule has 0 heterocycles. The molecular weight excluding hydrogens is 462 g/mol. The van der Waals surface area contributed by atoms with Gasteiger partial charge in [0.05, 0.1) is 18.8 Å². The summed E-state index contributed by atoms with van der Waals surface area (Å²) in [6.07, 6.45) is 31.6. The second-order valence-corrected chi connectivity index (χ2v) is 10.3. The van der Waals surface area contributed by atoms with Crippen LogP contribution in [0.4, 0.5) is 0 Å². The molecule has 3 unspecified atom stereocenters. The van der Waals surface area contributed by atoms with E-state index in [0.29, 0.717) is 6.42 Å². The molecule has 0 aromatic carbocycles. The van der Waals surface area contributed by atoms with Crippen molar-refractivity contribution in [3.8, 4) is 0 Å². The molecule has 5 heteroatoms. The third-order valence-corrected chi connectivity index (χ3v) is 6.71. The van der Waals surface area contributed by atoms with Crippen LogP contribution in [0.3, 0.4) is 0 Å². The SMILES string of the molecule is CCCCCCC/C=C/CC/C=C/CC/C=C/C(O)C(CO)NC(=O)C(O)CCCCCCCCCC. The monoisotopic (exact) mass is 521 g/mol. The number of hydrogen-bond acceptors (Lipinski definition) is 4. The van der Waals surface area contributed by atoms with Crippen molar-refractivity contribution in [3.05, 3.63) is 36.5 Å². The minimum absolute atomic E-state index is 0.381. The number of rotatable bonds is 26. The number of hydrogen-bond donors (Lipinski definition) is 4. The molecule has 0 fully saturated rings. The van der Waals surface area contributed by atoms with Gasteiger partial charge in [0.25, 0.3) is 0 Å². The van der Waals surface area contributed by atoms with E-state index < -0.39 is 24.2 Å². The molecule has 216 valence electrons. The third-order valence-electron chi connectivity index (χ3n) is 6.71. The van der Waals surface area contributed by atoms with Gasteiger partial charge in [0.15, 0.2) is 0 Å². The number of carbonyl (C=O) groups excluding carboxylic acids is 1. The Bertz CT molecular complexity index is 587. The van der Waals surface area contributed by atoms with E-state index in [2.05, 4.69) is 43.5 Å². The molecule has 3 atom stereocenters. The summed E-state index contributed by atoms with van der Waals surface area (Å²) < 4.78 is 0. The Kier molecular flexibility index (Phi) is 26.5. The Hall–Kier alpha value is -1.43. The highest BCUT2D eigenvalue weighted by atomic mass is 16.3. The fourth-order valence-electron chi connectivity index (χ4n) is 4.21. The summed E-state index contributed by atoms with van der Waals surface area (Å²) in [5.41, 5.74) is 0. The van der Waals surface area contributed by atoms with Crippen molar-refractivity contribution in [2.24, 2.45) is 0 Å². The van der Waals surface area contributed by atoms with E-state index in [1.54, 1.807) is 6.08 Å². The minimum atomic E-state index is -1.10. The highest BCUT2D eigenvalue weighted by Gasteiger charge is 2.22. The zero-order chi connectivity index (χ0) is 27.4. The zero-order valence-electron chi connectivity index (χ0n) is 24.1. The number of aliphatic hydroxyl groups excluding tert-OH is 3. The lowest BCUT2D eigenvalue weighted by Crippen LogP contribution is -2.48. The Morgan fingerprint density at radius 3 is 1.65 bits per heavy atom. The van der Waals surface area contributed by atoms with Gasteiger partial charge in [-0.1, -0.05) is 127 Å². The van der Waals surface area contributed by atoms with E-state index in [1.807, 2.05) is 6.08 Å². The molecule has 1 amide bonds. The van der Waals surface area contributed by atoms with Gasteiger partial charge in [0.2, 0.25) is 5.91 Å². The van der Waals surface area contributed by atoms with Crippen molar-refractivity contribution in [1.29, 1.82) is 0 Å². The summed E-state index contributed by atoms with van der Waals surface area (Å²) >= 11 is 0. The molecule has 4 N–H and O–H groups in total. The van der Waals surface area contributed by atoms with Crippen molar-refractivity contribution < 1.29 is 20.1 Å². The van der Waals surface area contributed by atoms with E-state index in [0.717, 1.165) is 44.9 Å². The van der Waals surface area contributed by atoms with E-state index in [1.165, 1.54) is 70.6 Å². The molecule has 0 aromatic heterocycles. The minimum Gasteiger partial charge on any atom is -0.394 e. The third kappa shape index (κ3) is 23.4. The van der Waals surface area contributed by atoms with Crippen LogP contribution in [0.15, 0.2) is 36.5 Å². The van der Waals surface area contributed by atoms with Gasteiger partial charge in [-0.3, -0.25) is 4.79 Å². The number of carbonyl (C=O) groups is 1. The van der Waals surface area contributed by atoms with E-state index in [9.17, 15) is 20.1 Å². The van der Waals surface area contributed by atoms with Crippen LogP contribution in [0, 0.1) is 0 Å². The Balaban J connectivity index is 3.93. The molecule has 0 bridgehead atoms. The molecule has 0 radical (unpaired) electrons. The van der Waals surface area contributed by atoms with Gasteiger partial charge in [-0.25, -0.2) is 0 Å². The Morgan fingerprint density at radius 2 is 1.11 bits per heavy atom. The molecule has 0 aromatic rings. The quantitative estimate of drug-likeness (QED) is 0.0710. The van der Waals surface area contributed by atoms with Crippen LogP contribution < -0.4 is 5.32 Å². The lowest BCUT2D eigenvalue weighted by atomic mass is 10.0. The smallest absolute Gasteiger partial charge is 0.249 e. The first-order valence-electron chi connectivity index (χ1n) is 15.3. The summed E-state index contributed by atoms with van der Waals surface area (Å²) in [6.45, 7) is 4.07. The van der Waals surface area contributed by atoms with Crippen LogP contribution >= 0.6 is 0 Å². The topological polar surface area (TPSA) is 89.8 Å². The Labute approximate surface area is 228 Å². The van der Waals surface area contributed by atoms with Crippen molar-refractivity contribution in [2.45, 2.75) is 154 Å². The maximum Gasteiger partial charge on any atom is 0.249 e. The van der Waals surface area contributed by atoms with Gasteiger partial charge in [-0.2, -0.15) is 0 Å². The second kappa shape index (κ2) is 27.6. The maximum absolute atomic E-state index is 12.2. The van der Waals surface area contributed by atoms with Gasteiger partial charge in [0, 0.05) is 0 Å². The number of nitrogens with one attached hydrogen (secondary N) is 1. The summed E-state index contributed by atoms with van der Waals surface area (Å²) in [5.74, 6) is -0.525. The highest BCUT2D eigenvalue weighted by Crippen LogP contribution is 2.11. The Morgan fingerprint density at radius 1 is 0.649 bits per heavy atom. The average molecular weight is 522 g/mol. The van der Waals surface area contributed by atoms with Gasteiger partial charge in [-0.15, -0.1) is 0 Å². The summed E-state index contributed by atoms with van der Waals surface area (Å²) in [5, 5.41) is 32.6. The molecule has 0 saturated heterocycles. The largest absolute Gasteiger partial charge is 0.394 e. The van der Waals surface area contributed by atoms with Crippen LogP contribution in [0.2, 0.25) is 0 Å². The number of unbranched alkanes of at least 4 members (excludes halogenated alkanes) is 14. The molecule has 0 aliphatic rings. The van der Waals surface area contributed by atoms with Gasteiger partial charge in [-0.05, 0) is 44.9 Å². The molecule has 0 spiro atoms. The lowest BCUT2D eigenvalue weighted by molar-refractivity contribution is -0.131. The van der Waals surface area contributed by atoms with E-state index in [4.69, 9.17) is 0 Å². The fourth-order valence-corrected chi connectivity index (χ4v) is 4.21. The van der Waals surface area contributed by atoms with Gasteiger partial charge in [0.1, 0.15) is 6.10 Å². The molecule has 37 heavy (non-hydrogen) atoms. The first-order chi connectivity index (χ1) is 18.1. The van der Waals surface area contributed by atoms with Crippen molar-refractivity contribution >= 4 is 5.91 Å². The van der Waals surface area contributed by atoms with Crippen molar-refractivity contribution in [2.75, 3.05) is 6.61 Å². The normalized spacial score (nSPS) is 14.6. The van der Waals surface area contributed by atoms with Crippen LogP contribution in [-0.4, -0.2) is 46.1 Å². The lowest BCUT2D eigenvalue weighted by Gasteiger charge is -2.21. The fraction of sp³-hybridized carbons (Fsp3) is 0.781. The molecule has 5 nitrogen and oxygen atoms in total. The maximum atomic E-state index is 12.2. The van der Waals surface area contributed by atoms with E-state index >= 15 is 0 Å². The van der Waals surface area contributed by atoms with Crippen molar-refractivity contribution in [1.82, 2.24) is 5.32 Å². The standard InChI is InChI=1S/C32H59NO4/c1-3-5-7-9-11-13-14-15-16-17-18-19-21-22-24-26-30(35)29(28-34)33-32(37)31(36)27-25-23-20-12-10-8-6-4-2/h14-15,18-19,24,26,29-31,34-36H,3-13,16-17,20-23,25,27-28H2,1-2H3,(H,33,37)/b15-14+,19-18+,26-24+. The summed E-state index contributed by atoms with van der Waals surface area (Å²) in [6, 6.07) is -0.814. The van der Waals surface area contributed by atoms with Crippen LogP contribution in [-0.2, 0) is 4.79 Å². The van der Waals surface area contributed by atoms with Gasteiger partial charge < -0.3 is 20.6 Å². The molecule has 0 rings (SSSR count). The second-order valence-electron chi connectivity index (χ2n) is 10.3. The van der Waals surface area contributed by atoms with Crippen molar-refractivity contribution in [3.63, 3.8) is 0 Å². The highest BCUT2D eigenvalue weighted by molar-refractivity contribution is 5.80. The first kappa shape index (κ1) is 35.6. The molecule has 0 saturated carbocycles. The number of amides is 1. The summed E-state index contributed by atoms with van der Waals surface area (Å²) in [7, 11) is 0. The summed E-state index contributed by atoms with van der Waals surface area (Å²) in [4.78, 5) is 12.2. The first-order valence-corrected chi connectivity index (χ1v) is 15.3. The molecule has 0 aliphatic carbocycles. The van der Waals surface area contributed by atoms with Crippen LogP contribution in [0.25, 0.3) is 0 Å². The van der Waals surface area contributed by atoms with Crippen LogP contribution in [0.5, 0.6) is 0 Å². The molecule has 0 aliphatic heterocycles. The molecular formula is C32H59NO4.